The Kier molecular flexibility index (Phi) is 4.78. The van der Waals surface area contributed by atoms with Gasteiger partial charge in [-0.1, -0.05) is 0 Å². The molecule has 0 aromatic heterocycles. The van der Waals surface area contributed by atoms with Crippen molar-refractivity contribution in [3.05, 3.63) is 23.8 Å². The highest BCUT2D eigenvalue weighted by molar-refractivity contribution is 5.72. The number of ether oxygens (including phenoxy) is 2. The topological polar surface area (TPSA) is 67.8 Å². The highest BCUT2D eigenvalue weighted by Gasteiger charge is 2.11. The van der Waals surface area contributed by atoms with Crippen molar-refractivity contribution in [2.24, 2.45) is 0 Å². The van der Waals surface area contributed by atoms with Crippen molar-refractivity contribution in [2.45, 2.75) is 19.5 Å². The minimum atomic E-state index is -0.883. The highest BCUT2D eigenvalue weighted by atomic mass is 16.5. The van der Waals surface area contributed by atoms with E-state index in [9.17, 15) is 4.79 Å². The van der Waals surface area contributed by atoms with E-state index in [1.807, 2.05) is 6.07 Å². The van der Waals surface area contributed by atoms with Crippen molar-refractivity contribution in [2.75, 3.05) is 14.2 Å². The molecule has 0 aliphatic carbocycles. The Labute approximate surface area is 100 Å². The van der Waals surface area contributed by atoms with Crippen molar-refractivity contribution in [1.29, 1.82) is 0 Å². The van der Waals surface area contributed by atoms with Gasteiger partial charge in [-0.2, -0.15) is 0 Å². The van der Waals surface area contributed by atoms with Crippen molar-refractivity contribution in [3.8, 4) is 11.5 Å². The number of hydrogen-bond acceptors (Lipinski definition) is 4. The van der Waals surface area contributed by atoms with Gasteiger partial charge in [0.1, 0.15) is 17.5 Å². The van der Waals surface area contributed by atoms with Crippen LogP contribution in [0.5, 0.6) is 11.5 Å². The predicted molar refractivity (Wildman–Crippen MR) is 63.5 cm³/mol. The van der Waals surface area contributed by atoms with Crippen LogP contribution in [0.25, 0.3) is 0 Å². The zero-order chi connectivity index (χ0) is 12.8. The van der Waals surface area contributed by atoms with Crippen LogP contribution in [0.15, 0.2) is 18.2 Å². The molecule has 0 amide bonds. The molecule has 0 aliphatic heterocycles. The number of benzene rings is 1. The van der Waals surface area contributed by atoms with Gasteiger partial charge in [-0.3, -0.25) is 4.79 Å². The van der Waals surface area contributed by atoms with Crippen LogP contribution < -0.4 is 14.8 Å². The second kappa shape index (κ2) is 6.10. The molecule has 5 heteroatoms. The summed E-state index contributed by atoms with van der Waals surface area (Å²) in [6, 6.07) is 4.80. The summed E-state index contributed by atoms with van der Waals surface area (Å²) in [5.74, 6) is 0.535. The Morgan fingerprint density at radius 3 is 2.65 bits per heavy atom. The molecule has 0 unspecified atom stereocenters. The molecule has 0 heterocycles. The van der Waals surface area contributed by atoms with E-state index in [0.717, 1.165) is 5.56 Å². The summed E-state index contributed by atoms with van der Waals surface area (Å²) in [6.45, 7) is 2.00. The summed E-state index contributed by atoms with van der Waals surface area (Å²) < 4.78 is 10.3. The number of aliphatic carboxylic acids is 1. The highest BCUT2D eigenvalue weighted by Crippen LogP contribution is 2.23. The van der Waals surface area contributed by atoms with Crippen LogP contribution in [-0.4, -0.2) is 31.3 Å². The maximum atomic E-state index is 10.7. The lowest BCUT2D eigenvalue weighted by atomic mass is 10.1. The maximum Gasteiger partial charge on any atom is 0.320 e. The van der Waals surface area contributed by atoms with Crippen molar-refractivity contribution >= 4 is 5.97 Å². The first-order valence-corrected chi connectivity index (χ1v) is 5.25. The van der Waals surface area contributed by atoms with Crippen LogP contribution in [0.2, 0.25) is 0 Å². The Bertz CT molecular complexity index is 392. The third kappa shape index (κ3) is 3.64. The standard InChI is InChI=1S/C12H17NO4/c1-8(12(14)15)13-7-9-6-10(16-2)4-5-11(9)17-3/h4-6,8,13H,7H2,1-3H3,(H,14,15)/t8-/m0/s1. The minimum absolute atomic E-state index is 0.411. The molecule has 1 rings (SSSR count). The molecule has 5 nitrogen and oxygen atoms in total. The summed E-state index contributed by atoms with van der Waals surface area (Å²) in [5.41, 5.74) is 0.861. The van der Waals surface area contributed by atoms with Crippen LogP contribution in [0.1, 0.15) is 12.5 Å². The predicted octanol–water partition coefficient (Wildman–Crippen LogP) is 1.27. The number of carbonyl (C=O) groups is 1. The summed E-state index contributed by atoms with van der Waals surface area (Å²) in [5, 5.41) is 11.7. The molecule has 0 spiro atoms. The van der Waals surface area contributed by atoms with Gasteiger partial charge in [0.2, 0.25) is 0 Å². The zero-order valence-corrected chi connectivity index (χ0v) is 10.2. The number of carboxylic acid groups (broad SMARTS) is 1. The van der Waals surface area contributed by atoms with Crippen LogP contribution in [-0.2, 0) is 11.3 Å². The molecule has 2 N–H and O–H groups in total. The number of methoxy groups -OCH3 is 2. The largest absolute Gasteiger partial charge is 0.497 e. The van der Waals surface area contributed by atoms with Crippen LogP contribution in [0.3, 0.4) is 0 Å². The van der Waals surface area contributed by atoms with Gasteiger partial charge < -0.3 is 19.9 Å². The van der Waals surface area contributed by atoms with Gasteiger partial charge in [0.25, 0.3) is 0 Å². The molecule has 0 bridgehead atoms. The Balaban J connectivity index is 2.77. The SMILES string of the molecule is COc1ccc(OC)c(CN[C@@H](C)C(=O)O)c1. The molecule has 1 atom stereocenters. The van der Waals surface area contributed by atoms with Gasteiger partial charge in [0.15, 0.2) is 0 Å². The minimum Gasteiger partial charge on any atom is -0.497 e. The molecule has 0 radical (unpaired) electrons. The fraction of sp³-hybridized carbons (Fsp3) is 0.417. The fourth-order valence-corrected chi connectivity index (χ4v) is 1.37. The van der Waals surface area contributed by atoms with Gasteiger partial charge in [-0.05, 0) is 25.1 Å². The first kappa shape index (κ1) is 13.3. The van der Waals surface area contributed by atoms with E-state index in [4.69, 9.17) is 14.6 Å². The van der Waals surface area contributed by atoms with E-state index in [0.29, 0.717) is 18.0 Å². The van der Waals surface area contributed by atoms with Crippen molar-refractivity contribution in [1.82, 2.24) is 5.32 Å². The quantitative estimate of drug-likeness (QED) is 0.782. The lowest BCUT2D eigenvalue weighted by molar-refractivity contribution is -0.139. The summed E-state index contributed by atoms with van der Waals surface area (Å²) in [6.07, 6.45) is 0. The molecular weight excluding hydrogens is 222 g/mol. The zero-order valence-electron chi connectivity index (χ0n) is 10.2. The van der Waals surface area contributed by atoms with E-state index in [2.05, 4.69) is 5.32 Å². The second-order valence-corrected chi connectivity index (χ2v) is 3.62. The summed E-state index contributed by atoms with van der Waals surface area (Å²) >= 11 is 0. The van der Waals surface area contributed by atoms with Crippen LogP contribution >= 0.6 is 0 Å². The number of carboxylic acids is 1. The molecule has 0 saturated carbocycles. The van der Waals surface area contributed by atoms with E-state index < -0.39 is 12.0 Å². The lowest BCUT2D eigenvalue weighted by Crippen LogP contribution is -2.33. The molecular formula is C12H17NO4. The van der Waals surface area contributed by atoms with Gasteiger partial charge in [0.05, 0.1) is 14.2 Å². The van der Waals surface area contributed by atoms with E-state index >= 15 is 0 Å². The monoisotopic (exact) mass is 239 g/mol. The van der Waals surface area contributed by atoms with Gasteiger partial charge in [0, 0.05) is 12.1 Å². The molecule has 0 aliphatic rings. The van der Waals surface area contributed by atoms with E-state index in [-0.39, 0.29) is 0 Å². The van der Waals surface area contributed by atoms with Crippen molar-refractivity contribution < 1.29 is 19.4 Å². The molecule has 0 saturated heterocycles. The fourth-order valence-electron chi connectivity index (χ4n) is 1.37. The van der Waals surface area contributed by atoms with E-state index in [1.54, 1.807) is 33.3 Å². The molecule has 94 valence electrons. The maximum absolute atomic E-state index is 10.7. The number of rotatable bonds is 6. The molecule has 1 aromatic carbocycles. The Hall–Kier alpha value is -1.75. The number of nitrogens with one attached hydrogen (secondary N) is 1. The summed E-state index contributed by atoms with van der Waals surface area (Å²) in [4.78, 5) is 10.7. The third-order valence-corrected chi connectivity index (χ3v) is 2.46. The lowest BCUT2D eigenvalue weighted by Gasteiger charge is -2.13. The first-order valence-electron chi connectivity index (χ1n) is 5.25. The second-order valence-electron chi connectivity index (χ2n) is 3.62. The molecule has 17 heavy (non-hydrogen) atoms. The van der Waals surface area contributed by atoms with Gasteiger partial charge in [-0.15, -0.1) is 0 Å². The normalized spacial score (nSPS) is 11.9. The third-order valence-electron chi connectivity index (χ3n) is 2.46. The Morgan fingerprint density at radius 2 is 2.12 bits per heavy atom. The van der Waals surface area contributed by atoms with Crippen LogP contribution in [0.4, 0.5) is 0 Å². The first-order chi connectivity index (χ1) is 8.08. The molecule has 1 aromatic rings. The Morgan fingerprint density at radius 1 is 1.41 bits per heavy atom. The van der Waals surface area contributed by atoms with Crippen molar-refractivity contribution in [3.63, 3.8) is 0 Å². The van der Waals surface area contributed by atoms with Gasteiger partial charge in [-0.25, -0.2) is 0 Å². The van der Waals surface area contributed by atoms with E-state index in [1.165, 1.54) is 0 Å². The number of hydrogen-bond donors (Lipinski definition) is 2. The molecule has 0 fully saturated rings. The average molecular weight is 239 g/mol. The summed E-state index contributed by atoms with van der Waals surface area (Å²) in [7, 11) is 3.16. The van der Waals surface area contributed by atoms with Gasteiger partial charge >= 0.3 is 5.97 Å². The smallest absolute Gasteiger partial charge is 0.320 e. The van der Waals surface area contributed by atoms with Crippen LogP contribution in [0, 0.1) is 0 Å². The average Bonchev–Trinajstić information content (AvgIpc) is 2.35.